The summed E-state index contributed by atoms with van der Waals surface area (Å²) in [5, 5.41) is 42.4. The number of nitrogens with two attached hydrogens (primary N) is 2. The number of nitrogens with one attached hydrogen (secondary N) is 4. The largest absolute Gasteiger partial charge is 0.623 e. The molecular formula is C34H43Cl2N7O10. The van der Waals surface area contributed by atoms with Crippen LogP contribution in [-0.2, 0) is 40.0 Å². The molecule has 0 saturated heterocycles. The fraction of sp³-hybridized carbons (Fsp3) is 0.412. The first kappa shape index (κ1) is 43.7. The fourth-order valence-electron chi connectivity index (χ4n) is 4.84. The molecule has 2 aromatic carbocycles. The molecule has 0 aliphatic carbocycles. The number of rotatable bonds is 20. The molecule has 0 heterocycles. The van der Waals surface area contributed by atoms with Gasteiger partial charge in [0.15, 0.2) is 6.21 Å². The normalized spacial score (nSPS) is 14.2. The third-order valence-electron chi connectivity index (χ3n) is 7.68. The number of carboxylic acid groups (broad SMARTS) is 1. The van der Waals surface area contributed by atoms with E-state index in [2.05, 4.69) is 21.3 Å². The van der Waals surface area contributed by atoms with E-state index in [0.29, 0.717) is 10.3 Å². The monoisotopic (exact) mass is 779 g/mol. The number of hydrogen-bond acceptors (Lipinski definition) is 9. The highest BCUT2D eigenvalue weighted by molar-refractivity contribution is 6.38. The summed E-state index contributed by atoms with van der Waals surface area (Å²) in [6.45, 7) is 4.76. The number of aromatic hydroxyl groups is 1. The Bertz CT molecular complexity index is 1680. The van der Waals surface area contributed by atoms with Crippen molar-refractivity contribution >= 4 is 70.8 Å². The smallest absolute Gasteiger partial charge is 0.305 e. The highest BCUT2D eigenvalue weighted by atomic mass is 35.5. The van der Waals surface area contributed by atoms with Crippen LogP contribution in [0.1, 0.15) is 57.6 Å². The van der Waals surface area contributed by atoms with Crippen LogP contribution in [0.2, 0.25) is 10.0 Å². The van der Waals surface area contributed by atoms with Crippen molar-refractivity contribution in [3.05, 3.63) is 68.8 Å². The summed E-state index contributed by atoms with van der Waals surface area (Å²) in [7, 11) is 0. The Morgan fingerprint density at radius 2 is 1.34 bits per heavy atom. The lowest BCUT2D eigenvalue weighted by atomic mass is 10.0. The predicted octanol–water partition coefficient (Wildman–Crippen LogP) is 0.470. The van der Waals surface area contributed by atoms with Gasteiger partial charge in [0.05, 0.1) is 22.0 Å². The zero-order valence-corrected chi connectivity index (χ0v) is 30.6. The van der Waals surface area contributed by atoms with Crippen LogP contribution in [0.5, 0.6) is 5.75 Å². The maximum Gasteiger partial charge on any atom is 0.305 e. The second-order valence-electron chi connectivity index (χ2n) is 12.6. The topological polar surface area (TPSA) is 286 Å². The summed E-state index contributed by atoms with van der Waals surface area (Å²) in [6.07, 6.45) is -0.936. The van der Waals surface area contributed by atoms with Crippen LogP contribution in [0, 0.1) is 11.1 Å². The standard InChI is InChI=1S/C34H43Cl2N7O10/c1-17(2)13-27(43(53)16-21-22(35)5-4-6-23(21)36)34(52)42-26(15-29(46)47)33(51)41-25(14-19-7-9-20(44)10-8-19)32(50)40-24(11-12-28(37)45)31(49)39-18(3)30(38)48/h4-10,16-18,24-27,44H,11-15H2,1-3H3,(H2,37,45)(H2,38,48)(H,39,49)(H,40,50)(H,41,51)(H,42,52)(H,46,47)/b43-16-/t18-,24-,25-,26-,27-/m0/s1. The van der Waals surface area contributed by atoms with Crippen molar-refractivity contribution in [3.63, 3.8) is 0 Å². The van der Waals surface area contributed by atoms with Gasteiger partial charge in [0.1, 0.15) is 29.9 Å². The zero-order chi connectivity index (χ0) is 40.0. The molecule has 0 aliphatic rings. The van der Waals surface area contributed by atoms with Crippen LogP contribution in [-0.4, -0.2) is 92.8 Å². The summed E-state index contributed by atoms with van der Waals surface area (Å²) in [6, 6.07) is 2.57. The number of hydrogen-bond donors (Lipinski definition) is 8. The van der Waals surface area contributed by atoms with Gasteiger partial charge in [-0.2, -0.15) is 4.74 Å². The van der Waals surface area contributed by atoms with Crippen LogP contribution in [0.3, 0.4) is 0 Å². The Balaban J connectivity index is 2.46. The van der Waals surface area contributed by atoms with Crippen molar-refractivity contribution in [2.75, 3.05) is 0 Å². The van der Waals surface area contributed by atoms with E-state index >= 15 is 0 Å². The SMILES string of the molecule is CC(C)C[C@@H](C(=O)N[C@@H](CC(=O)O)C(=O)N[C@@H](Cc1ccc(O)cc1)C(=O)N[C@@H](CCC(N)=O)C(=O)N[C@@H](C)C(N)=O)/[N+]([O-])=C/c1c(Cl)cccc1Cl. The van der Waals surface area contributed by atoms with E-state index < -0.39 is 78.0 Å². The third kappa shape index (κ3) is 14.6. The zero-order valence-electron chi connectivity index (χ0n) is 29.1. The van der Waals surface area contributed by atoms with Crippen LogP contribution in [0.4, 0.5) is 0 Å². The highest BCUT2D eigenvalue weighted by Crippen LogP contribution is 2.23. The maximum absolute atomic E-state index is 13.7. The number of aliphatic carboxylic acids is 1. The number of halogens is 2. The van der Waals surface area contributed by atoms with Crippen LogP contribution in [0.15, 0.2) is 42.5 Å². The van der Waals surface area contributed by atoms with Crippen LogP contribution >= 0.6 is 23.2 Å². The van der Waals surface area contributed by atoms with Crippen molar-refractivity contribution in [3.8, 4) is 5.75 Å². The van der Waals surface area contributed by atoms with Gasteiger partial charge in [-0.05, 0) is 49.1 Å². The van der Waals surface area contributed by atoms with Gasteiger partial charge in [-0.1, -0.05) is 55.2 Å². The molecule has 53 heavy (non-hydrogen) atoms. The Kier molecular flexibility index (Phi) is 17.0. The summed E-state index contributed by atoms with van der Waals surface area (Å²) in [5.74, 6) is -7.57. The molecule has 5 atom stereocenters. The molecule has 0 bridgehead atoms. The quantitative estimate of drug-likeness (QED) is 0.0398. The Morgan fingerprint density at radius 1 is 0.811 bits per heavy atom. The predicted molar refractivity (Wildman–Crippen MR) is 194 cm³/mol. The van der Waals surface area contributed by atoms with E-state index in [1.165, 1.54) is 43.3 Å². The average molecular weight is 781 g/mol. The molecule has 10 N–H and O–H groups in total. The van der Waals surface area contributed by atoms with Crippen LogP contribution < -0.4 is 32.7 Å². The van der Waals surface area contributed by atoms with Gasteiger partial charge in [-0.3, -0.25) is 33.6 Å². The molecule has 2 rings (SSSR count). The first-order valence-corrected chi connectivity index (χ1v) is 17.1. The van der Waals surface area contributed by atoms with Gasteiger partial charge in [0, 0.05) is 19.3 Å². The molecule has 19 heteroatoms. The lowest BCUT2D eigenvalue weighted by molar-refractivity contribution is -0.483. The van der Waals surface area contributed by atoms with Gasteiger partial charge in [-0.25, -0.2) is 0 Å². The molecule has 0 unspecified atom stereocenters. The molecule has 0 fully saturated rings. The molecule has 17 nitrogen and oxygen atoms in total. The van der Waals surface area contributed by atoms with E-state index in [-0.39, 0.29) is 53.0 Å². The van der Waals surface area contributed by atoms with Crippen molar-refractivity contribution in [2.24, 2.45) is 17.4 Å². The Labute approximate surface area is 315 Å². The average Bonchev–Trinajstić information content (AvgIpc) is 3.06. The molecule has 2 aromatic rings. The number of carbonyl (C=O) groups excluding carboxylic acids is 6. The highest BCUT2D eigenvalue weighted by Gasteiger charge is 2.35. The molecule has 0 radical (unpaired) electrons. The van der Waals surface area contributed by atoms with Gasteiger partial charge in [0.25, 0.3) is 5.91 Å². The summed E-state index contributed by atoms with van der Waals surface area (Å²) < 4.78 is 0.301. The molecule has 6 amide bonds. The third-order valence-corrected chi connectivity index (χ3v) is 8.34. The summed E-state index contributed by atoms with van der Waals surface area (Å²) in [5.41, 5.74) is 11.0. The van der Waals surface area contributed by atoms with E-state index in [4.69, 9.17) is 34.7 Å². The number of nitrogens with zero attached hydrogens (tertiary/aromatic N) is 1. The lowest BCUT2D eigenvalue weighted by Gasteiger charge is -2.26. The summed E-state index contributed by atoms with van der Waals surface area (Å²) in [4.78, 5) is 88.9. The maximum atomic E-state index is 13.7. The minimum atomic E-state index is -1.81. The Morgan fingerprint density at radius 3 is 1.87 bits per heavy atom. The lowest BCUT2D eigenvalue weighted by Crippen LogP contribution is -2.59. The number of hydroxylamine groups is 1. The number of carbonyl (C=O) groups is 7. The number of phenolic OH excluding ortho intramolecular Hbond substituents is 1. The molecule has 0 aliphatic heterocycles. The molecule has 0 aromatic heterocycles. The van der Waals surface area contributed by atoms with Gasteiger partial charge < -0.3 is 48.2 Å². The second kappa shape index (κ2) is 20.6. The van der Waals surface area contributed by atoms with Crippen LogP contribution in [0.25, 0.3) is 0 Å². The van der Waals surface area contributed by atoms with E-state index in [1.54, 1.807) is 19.9 Å². The number of primary amides is 2. The number of carboxylic acids is 1. The van der Waals surface area contributed by atoms with Crippen molar-refractivity contribution in [1.29, 1.82) is 0 Å². The fourth-order valence-corrected chi connectivity index (χ4v) is 5.33. The van der Waals surface area contributed by atoms with Gasteiger partial charge >= 0.3 is 5.97 Å². The number of phenols is 1. The minimum Gasteiger partial charge on any atom is -0.623 e. The number of benzene rings is 2. The van der Waals surface area contributed by atoms with Crippen molar-refractivity contribution in [1.82, 2.24) is 21.3 Å². The summed E-state index contributed by atoms with van der Waals surface area (Å²) >= 11 is 12.4. The van der Waals surface area contributed by atoms with Gasteiger partial charge in [0.2, 0.25) is 35.6 Å². The van der Waals surface area contributed by atoms with E-state index in [0.717, 1.165) is 6.21 Å². The molecule has 288 valence electrons. The Hall–Kier alpha value is -5.42. The first-order chi connectivity index (χ1) is 24.8. The van der Waals surface area contributed by atoms with Crippen molar-refractivity contribution in [2.45, 2.75) is 83.1 Å². The molecular weight excluding hydrogens is 737 g/mol. The van der Waals surface area contributed by atoms with Crippen molar-refractivity contribution < 1.29 is 48.5 Å². The second-order valence-corrected chi connectivity index (χ2v) is 13.4. The first-order valence-electron chi connectivity index (χ1n) is 16.3. The van der Waals surface area contributed by atoms with E-state index in [9.17, 15) is 49.0 Å². The van der Waals surface area contributed by atoms with Gasteiger partial charge in [-0.15, -0.1) is 0 Å². The minimum absolute atomic E-state index is 0.0374. The van der Waals surface area contributed by atoms with E-state index in [1.807, 2.05) is 0 Å². The number of amides is 6. The molecule has 0 spiro atoms. The molecule has 0 saturated carbocycles.